The summed E-state index contributed by atoms with van der Waals surface area (Å²) in [5.41, 5.74) is 0. The summed E-state index contributed by atoms with van der Waals surface area (Å²) in [6, 6.07) is 0. The zero-order chi connectivity index (χ0) is 9.68. The van der Waals surface area contributed by atoms with Crippen molar-refractivity contribution in [2.75, 3.05) is 0 Å². The Kier molecular flexibility index (Phi) is 3.93. The lowest BCUT2D eigenvalue weighted by atomic mass is 9.80. The lowest BCUT2D eigenvalue weighted by Crippen LogP contribution is -2.17. The van der Waals surface area contributed by atoms with Gasteiger partial charge in [-0.25, -0.2) is 0 Å². The van der Waals surface area contributed by atoms with Crippen LogP contribution in [0.5, 0.6) is 0 Å². The van der Waals surface area contributed by atoms with E-state index in [1.54, 1.807) is 0 Å². The third-order valence-electron chi connectivity index (χ3n) is 2.78. The van der Waals surface area contributed by atoms with E-state index in [-0.39, 0.29) is 12.3 Å². The van der Waals surface area contributed by atoms with Gasteiger partial charge in [0, 0.05) is 12.3 Å². The number of carbonyl (C=O) groups excluding carboxylic acids is 1. The lowest BCUT2D eigenvalue weighted by molar-refractivity contribution is -0.137. The van der Waals surface area contributed by atoms with Gasteiger partial charge in [0.05, 0.1) is 0 Å². The van der Waals surface area contributed by atoms with Gasteiger partial charge >= 0.3 is 5.97 Å². The maximum absolute atomic E-state index is 10.5. The third kappa shape index (κ3) is 3.57. The standard InChI is InChI=1S/C10H16O3/c11-7-9-3-1-2-8(6-9)4-5-10(12)13/h7-9H,1-6H2,(H,12,13). The highest BCUT2D eigenvalue weighted by atomic mass is 16.4. The van der Waals surface area contributed by atoms with Crippen molar-refractivity contribution >= 4 is 12.3 Å². The topological polar surface area (TPSA) is 54.4 Å². The molecule has 1 rings (SSSR count). The quantitative estimate of drug-likeness (QED) is 0.678. The SMILES string of the molecule is O=CC1CCCC(CCC(=O)O)C1. The second-order valence-corrected chi connectivity index (χ2v) is 3.86. The van der Waals surface area contributed by atoms with Crippen LogP contribution in [0.1, 0.15) is 38.5 Å². The van der Waals surface area contributed by atoms with Crippen molar-refractivity contribution < 1.29 is 14.7 Å². The molecule has 0 saturated heterocycles. The molecule has 0 bridgehead atoms. The zero-order valence-corrected chi connectivity index (χ0v) is 7.74. The van der Waals surface area contributed by atoms with Crippen molar-refractivity contribution in [1.82, 2.24) is 0 Å². The normalized spacial score (nSPS) is 28.3. The first-order chi connectivity index (χ1) is 6.22. The van der Waals surface area contributed by atoms with Crippen LogP contribution in [0.25, 0.3) is 0 Å². The van der Waals surface area contributed by atoms with E-state index in [0.29, 0.717) is 5.92 Å². The molecule has 2 atom stereocenters. The fourth-order valence-corrected chi connectivity index (χ4v) is 2.05. The van der Waals surface area contributed by atoms with Crippen molar-refractivity contribution in [2.24, 2.45) is 11.8 Å². The molecule has 0 radical (unpaired) electrons. The second-order valence-electron chi connectivity index (χ2n) is 3.86. The van der Waals surface area contributed by atoms with E-state index >= 15 is 0 Å². The summed E-state index contributed by atoms with van der Waals surface area (Å²) in [4.78, 5) is 20.9. The van der Waals surface area contributed by atoms with Crippen LogP contribution in [0.15, 0.2) is 0 Å². The smallest absolute Gasteiger partial charge is 0.303 e. The molecule has 3 heteroatoms. The minimum absolute atomic E-state index is 0.188. The lowest BCUT2D eigenvalue weighted by Gasteiger charge is -2.25. The van der Waals surface area contributed by atoms with Crippen molar-refractivity contribution in [3.05, 3.63) is 0 Å². The number of carboxylic acids is 1. The van der Waals surface area contributed by atoms with E-state index < -0.39 is 5.97 Å². The molecule has 1 fully saturated rings. The predicted molar refractivity (Wildman–Crippen MR) is 48.4 cm³/mol. The van der Waals surface area contributed by atoms with Crippen LogP contribution in [-0.4, -0.2) is 17.4 Å². The number of carbonyl (C=O) groups is 2. The summed E-state index contributed by atoms with van der Waals surface area (Å²) >= 11 is 0. The molecule has 0 aliphatic heterocycles. The molecule has 3 nitrogen and oxygen atoms in total. The van der Waals surface area contributed by atoms with Gasteiger partial charge in [0.25, 0.3) is 0 Å². The zero-order valence-electron chi connectivity index (χ0n) is 7.74. The molecule has 0 heterocycles. The fraction of sp³-hybridized carbons (Fsp3) is 0.800. The molecule has 13 heavy (non-hydrogen) atoms. The van der Waals surface area contributed by atoms with Crippen molar-refractivity contribution in [2.45, 2.75) is 38.5 Å². The number of aldehydes is 1. The summed E-state index contributed by atoms with van der Waals surface area (Å²) in [6.07, 6.45) is 6.07. The Morgan fingerprint density at radius 1 is 1.46 bits per heavy atom. The number of hydrogen-bond acceptors (Lipinski definition) is 2. The maximum atomic E-state index is 10.5. The van der Waals surface area contributed by atoms with E-state index in [1.807, 2.05) is 0 Å². The van der Waals surface area contributed by atoms with E-state index in [9.17, 15) is 9.59 Å². The molecule has 0 aromatic heterocycles. The Balaban J connectivity index is 2.25. The van der Waals surface area contributed by atoms with Crippen LogP contribution in [0.3, 0.4) is 0 Å². The summed E-state index contributed by atoms with van der Waals surface area (Å²) < 4.78 is 0. The molecule has 1 N–H and O–H groups in total. The highest BCUT2D eigenvalue weighted by Gasteiger charge is 2.21. The highest BCUT2D eigenvalue weighted by molar-refractivity contribution is 5.66. The van der Waals surface area contributed by atoms with Gasteiger partial charge in [-0.1, -0.05) is 12.8 Å². The van der Waals surface area contributed by atoms with Gasteiger partial charge in [-0.2, -0.15) is 0 Å². The molecule has 0 aromatic carbocycles. The number of rotatable bonds is 4. The van der Waals surface area contributed by atoms with Crippen LogP contribution in [0, 0.1) is 11.8 Å². The molecular formula is C10H16O3. The molecule has 0 aromatic rings. The van der Waals surface area contributed by atoms with E-state index in [4.69, 9.17) is 5.11 Å². The largest absolute Gasteiger partial charge is 0.481 e. The average Bonchev–Trinajstić information content (AvgIpc) is 2.15. The number of carboxylic acid groups (broad SMARTS) is 1. The van der Waals surface area contributed by atoms with Crippen LogP contribution in [-0.2, 0) is 9.59 Å². The Morgan fingerprint density at radius 2 is 2.23 bits per heavy atom. The van der Waals surface area contributed by atoms with Crippen molar-refractivity contribution in [1.29, 1.82) is 0 Å². The van der Waals surface area contributed by atoms with Gasteiger partial charge < -0.3 is 9.90 Å². The van der Waals surface area contributed by atoms with Gasteiger partial charge in [-0.3, -0.25) is 4.79 Å². The van der Waals surface area contributed by atoms with Crippen LogP contribution < -0.4 is 0 Å². The van der Waals surface area contributed by atoms with Gasteiger partial charge in [0.15, 0.2) is 0 Å². The molecular weight excluding hydrogens is 168 g/mol. The minimum Gasteiger partial charge on any atom is -0.481 e. The maximum Gasteiger partial charge on any atom is 0.303 e. The number of aliphatic carboxylic acids is 1. The van der Waals surface area contributed by atoms with Crippen LogP contribution in [0.4, 0.5) is 0 Å². The first kappa shape index (κ1) is 10.2. The van der Waals surface area contributed by atoms with E-state index in [2.05, 4.69) is 0 Å². The van der Waals surface area contributed by atoms with Crippen LogP contribution in [0.2, 0.25) is 0 Å². The second kappa shape index (κ2) is 5.00. The summed E-state index contributed by atoms with van der Waals surface area (Å²) in [5, 5.41) is 8.50. The molecule has 74 valence electrons. The highest BCUT2D eigenvalue weighted by Crippen LogP contribution is 2.30. The Bertz CT molecular complexity index is 189. The molecule has 0 amide bonds. The van der Waals surface area contributed by atoms with E-state index in [0.717, 1.165) is 38.4 Å². The monoisotopic (exact) mass is 184 g/mol. The first-order valence-corrected chi connectivity index (χ1v) is 4.89. The third-order valence-corrected chi connectivity index (χ3v) is 2.78. The summed E-state index contributed by atoms with van der Waals surface area (Å²) in [6.45, 7) is 0. The fourth-order valence-electron chi connectivity index (χ4n) is 2.05. The molecule has 1 aliphatic rings. The Hall–Kier alpha value is -0.860. The van der Waals surface area contributed by atoms with E-state index in [1.165, 1.54) is 0 Å². The molecule has 2 unspecified atom stereocenters. The summed E-state index contributed by atoms with van der Waals surface area (Å²) in [5.74, 6) is -0.0826. The number of hydrogen-bond donors (Lipinski definition) is 1. The van der Waals surface area contributed by atoms with Crippen molar-refractivity contribution in [3.63, 3.8) is 0 Å². The molecule has 1 aliphatic carbocycles. The Morgan fingerprint density at radius 3 is 2.85 bits per heavy atom. The Labute approximate surface area is 78.1 Å². The summed E-state index contributed by atoms with van der Waals surface area (Å²) in [7, 11) is 0. The molecule has 1 saturated carbocycles. The van der Waals surface area contributed by atoms with Gasteiger partial charge in [-0.05, 0) is 25.2 Å². The van der Waals surface area contributed by atoms with Gasteiger partial charge in [0.2, 0.25) is 0 Å². The van der Waals surface area contributed by atoms with Gasteiger partial charge in [-0.15, -0.1) is 0 Å². The average molecular weight is 184 g/mol. The predicted octanol–water partition coefficient (Wildman–Crippen LogP) is 1.86. The van der Waals surface area contributed by atoms with Crippen molar-refractivity contribution in [3.8, 4) is 0 Å². The first-order valence-electron chi connectivity index (χ1n) is 4.89. The molecule has 0 spiro atoms. The van der Waals surface area contributed by atoms with Crippen LogP contribution >= 0.6 is 0 Å². The minimum atomic E-state index is -0.728. The van der Waals surface area contributed by atoms with Gasteiger partial charge in [0.1, 0.15) is 6.29 Å².